The molecule has 5 nitrogen and oxygen atoms in total. The van der Waals surface area contributed by atoms with Crippen LogP contribution in [0.1, 0.15) is 32.1 Å². The van der Waals surface area contributed by atoms with Gasteiger partial charge in [0.25, 0.3) is 0 Å². The molecule has 1 N–H and O–H groups in total. The fraction of sp³-hybridized carbons (Fsp3) is 0.846. The van der Waals surface area contributed by atoms with Crippen molar-refractivity contribution in [2.75, 3.05) is 40.3 Å². The Balaban J connectivity index is 2.03. The van der Waals surface area contributed by atoms with Crippen molar-refractivity contribution in [2.45, 2.75) is 32.1 Å². The molecule has 1 saturated heterocycles. The highest BCUT2D eigenvalue weighted by Gasteiger charge is 2.17. The smallest absolute Gasteiger partial charge is 0.241 e. The summed E-state index contributed by atoms with van der Waals surface area (Å²) in [4.78, 5) is 27.1. The van der Waals surface area contributed by atoms with E-state index in [0.29, 0.717) is 6.42 Å². The minimum Gasteiger partial charge on any atom is -0.347 e. The normalized spacial score (nSPS) is 15.2. The molecular formula is C13H25N3O2. The maximum atomic E-state index is 11.7. The number of carbonyl (C=O) groups is 2. The molecule has 0 aromatic rings. The van der Waals surface area contributed by atoms with Crippen molar-refractivity contribution >= 4 is 11.8 Å². The van der Waals surface area contributed by atoms with E-state index < -0.39 is 0 Å². The molecule has 0 aliphatic carbocycles. The highest BCUT2D eigenvalue weighted by molar-refractivity contribution is 5.84. The Morgan fingerprint density at radius 3 is 2.44 bits per heavy atom. The van der Waals surface area contributed by atoms with Gasteiger partial charge in [-0.2, -0.15) is 0 Å². The van der Waals surface area contributed by atoms with Gasteiger partial charge in [0.05, 0.1) is 6.54 Å². The first-order valence-electron chi connectivity index (χ1n) is 6.79. The number of nitrogens with zero attached hydrogens (tertiary/aromatic N) is 2. The maximum Gasteiger partial charge on any atom is 0.241 e. The minimum atomic E-state index is -0.0127. The molecule has 0 aromatic carbocycles. The number of hydrogen-bond donors (Lipinski definition) is 1. The van der Waals surface area contributed by atoms with E-state index in [1.54, 1.807) is 0 Å². The van der Waals surface area contributed by atoms with Crippen LogP contribution in [-0.4, -0.2) is 61.9 Å². The van der Waals surface area contributed by atoms with Crippen molar-refractivity contribution in [1.29, 1.82) is 0 Å². The van der Waals surface area contributed by atoms with Gasteiger partial charge < -0.3 is 15.1 Å². The largest absolute Gasteiger partial charge is 0.347 e. The molecule has 0 unspecified atom stereocenters. The van der Waals surface area contributed by atoms with Gasteiger partial charge in [0, 0.05) is 19.5 Å². The fourth-order valence-electron chi connectivity index (χ4n) is 2.05. The van der Waals surface area contributed by atoms with Crippen LogP contribution in [0.5, 0.6) is 0 Å². The van der Waals surface area contributed by atoms with Crippen LogP contribution in [0.2, 0.25) is 0 Å². The highest BCUT2D eigenvalue weighted by atomic mass is 16.2. The molecule has 104 valence electrons. The molecule has 5 heteroatoms. The lowest BCUT2D eigenvalue weighted by atomic mass is 10.2. The second kappa shape index (κ2) is 8.08. The first kappa shape index (κ1) is 15.0. The zero-order chi connectivity index (χ0) is 13.4. The molecule has 1 aliphatic rings. The lowest BCUT2D eigenvalue weighted by Gasteiger charge is -2.15. The Morgan fingerprint density at radius 1 is 1.17 bits per heavy atom. The van der Waals surface area contributed by atoms with Crippen LogP contribution in [0.25, 0.3) is 0 Å². The summed E-state index contributed by atoms with van der Waals surface area (Å²) in [6, 6.07) is 0. The van der Waals surface area contributed by atoms with Crippen molar-refractivity contribution in [3.05, 3.63) is 0 Å². The number of likely N-dealkylation sites (tertiary alicyclic amines) is 1. The molecule has 2 amide bonds. The fourth-order valence-corrected chi connectivity index (χ4v) is 2.05. The molecule has 0 bridgehead atoms. The number of nitrogens with one attached hydrogen (secondary N) is 1. The van der Waals surface area contributed by atoms with Gasteiger partial charge in [-0.3, -0.25) is 9.59 Å². The SMILES string of the molecule is CN(C)CCCCC(=O)NCC(=O)N1CCCC1. The van der Waals surface area contributed by atoms with Gasteiger partial charge in [0.15, 0.2) is 0 Å². The van der Waals surface area contributed by atoms with E-state index in [0.717, 1.165) is 45.3 Å². The average Bonchev–Trinajstić information content (AvgIpc) is 2.85. The summed E-state index contributed by atoms with van der Waals surface area (Å²) in [5, 5.41) is 2.70. The van der Waals surface area contributed by atoms with E-state index in [-0.39, 0.29) is 18.4 Å². The summed E-state index contributed by atoms with van der Waals surface area (Å²) in [6.07, 6.45) is 4.58. The molecule has 0 radical (unpaired) electrons. The van der Waals surface area contributed by atoms with Crippen LogP contribution in [0.15, 0.2) is 0 Å². The van der Waals surface area contributed by atoms with Crippen LogP contribution >= 0.6 is 0 Å². The van der Waals surface area contributed by atoms with Crippen LogP contribution in [0, 0.1) is 0 Å². The predicted octanol–water partition coefficient (Wildman–Crippen LogP) is 0.457. The van der Waals surface area contributed by atoms with Gasteiger partial charge in [-0.25, -0.2) is 0 Å². The lowest BCUT2D eigenvalue weighted by Crippen LogP contribution is -2.38. The zero-order valence-corrected chi connectivity index (χ0v) is 11.6. The summed E-state index contributed by atoms with van der Waals surface area (Å²) in [6.45, 7) is 2.85. The van der Waals surface area contributed by atoms with Gasteiger partial charge in [0.1, 0.15) is 0 Å². The summed E-state index contributed by atoms with van der Waals surface area (Å²) < 4.78 is 0. The van der Waals surface area contributed by atoms with Gasteiger partial charge in [0.2, 0.25) is 11.8 Å². The van der Waals surface area contributed by atoms with Crippen molar-refractivity contribution < 1.29 is 9.59 Å². The lowest BCUT2D eigenvalue weighted by molar-refractivity contribution is -0.132. The highest BCUT2D eigenvalue weighted by Crippen LogP contribution is 2.06. The molecule has 18 heavy (non-hydrogen) atoms. The zero-order valence-electron chi connectivity index (χ0n) is 11.6. The third-order valence-corrected chi connectivity index (χ3v) is 3.15. The van der Waals surface area contributed by atoms with E-state index >= 15 is 0 Å². The summed E-state index contributed by atoms with van der Waals surface area (Å²) in [5.41, 5.74) is 0. The van der Waals surface area contributed by atoms with Crippen LogP contribution in [0.4, 0.5) is 0 Å². The molecule has 0 atom stereocenters. The molecule has 1 rings (SSSR count). The van der Waals surface area contributed by atoms with Gasteiger partial charge in [-0.05, 0) is 46.3 Å². The number of unbranched alkanes of at least 4 members (excludes halogenated alkanes) is 1. The van der Waals surface area contributed by atoms with E-state index in [4.69, 9.17) is 0 Å². The predicted molar refractivity (Wildman–Crippen MR) is 71.2 cm³/mol. The van der Waals surface area contributed by atoms with Crippen molar-refractivity contribution in [3.63, 3.8) is 0 Å². The van der Waals surface area contributed by atoms with Crippen molar-refractivity contribution in [1.82, 2.24) is 15.1 Å². The van der Waals surface area contributed by atoms with Gasteiger partial charge in [-0.15, -0.1) is 0 Å². The summed E-state index contributed by atoms with van der Waals surface area (Å²) >= 11 is 0. The number of carbonyl (C=O) groups excluding carboxylic acids is 2. The number of amides is 2. The van der Waals surface area contributed by atoms with Gasteiger partial charge in [-0.1, -0.05) is 0 Å². The van der Waals surface area contributed by atoms with E-state index in [1.807, 2.05) is 19.0 Å². The topological polar surface area (TPSA) is 52.7 Å². The van der Waals surface area contributed by atoms with Crippen LogP contribution < -0.4 is 5.32 Å². The third kappa shape index (κ3) is 6.00. The molecular weight excluding hydrogens is 230 g/mol. The van der Waals surface area contributed by atoms with Crippen molar-refractivity contribution in [2.24, 2.45) is 0 Å². The molecule has 1 heterocycles. The molecule has 1 fully saturated rings. The van der Waals surface area contributed by atoms with E-state index in [9.17, 15) is 9.59 Å². The molecule has 1 aliphatic heterocycles. The Kier molecular flexibility index (Phi) is 6.72. The minimum absolute atomic E-state index is 0.0127. The first-order chi connectivity index (χ1) is 8.59. The summed E-state index contributed by atoms with van der Waals surface area (Å²) in [7, 11) is 4.05. The van der Waals surface area contributed by atoms with Crippen LogP contribution in [-0.2, 0) is 9.59 Å². The maximum absolute atomic E-state index is 11.7. The molecule has 0 aromatic heterocycles. The Hall–Kier alpha value is -1.10. The van der Waals surface area contributed by atoms with Gasteiger partial charge >= 0.3 is 0 Å². The second-order valence-corrected chi connectivity index (χ2v) is 5.13. The average molecular weight is 255 g/mol. The number of rotatable bonds is 7. The third-order valence-electron chi connectivity index (χ3n) is 3.15. The molecule has 0 spiro atoms. The van der Waals surface area contributed by atoms with E-state index in [2.05, 4.69) is 10.2 Å². The quantitative estimate of drug-likeness (QED) is 0.672. The van der Waals surface area contributed by atoms with Crippen molar-refractivity contribution in [3.8, 4) is 0 Å². The van der Waals surface area contributed by atoms with Crippen LogP contribution in [0.3, 0.4) is 0 Å². The Bertz CT molecular complexity index is 273. The first-order valence-corrected chi connectivity index (χ1v) is 6.79. The monoisotopic (exact) mass is 255 g/mol. The number of hydrogen-bond acceptors (Lipinski definition) is 3. The van der Waals surface area contributed by atoms with E-state index in [1.165, 1.54) is 0 Å². The Labute approximate surface area is 110 Å². The second-order valence-electron chi connectivity index (χ2n) is 5.13. The standard InChI is InChI=1S/C13H25N3O2/c1-15(2)8-4-3-7-12(17)14-11-13(18)16-9-5-6-10-16/h3-11H2,1-2H3,(H,14,17). The Morgan fingerprint density at radius 2 is 1.83 bits per heavy atom. The summed E-state index contributed by atoms with van der Waals surface area (Å²) in [5.74, 6) is 0.0374. The molecule has 0 saturated carbocycles.